The van der Waals surface area contributed by atoms with Crippen molar-refractivity contribution in [2.45, 2.75) is 13.8 Å². The predicted octanol–water partition coefficient (Wildman–Crippen LogP) is 6.37. The Morgan fingerprint density at radius 2 is 1.77 bits per heavy atom. The van der Waals surface area contributed by atoms with E-state index in [2.05, 4.69) is 72.8 Å². The average molecular weight is 571 g/mol. The van der Waals surface area contributed by atoms with Gasteiger partial charge < -0.3 is 5.11 Å². The van der Waals surface area contributed by atoms with E-state index in [1.54, 1.807) is 0 Å². The Labute approximate surface area is 189 Å². The summed E-state index contributed by atoms with van der Waals surface area (Å²) in [5, 5.41) is 12.0. The molecular formula is C26H20IrNO2-. The molecule has 0 bridgehead atoms. The van der Waals surface area contributed by atoms with Crippen molar-refractivity contribution in [2.24, 2.45) is 0 Å². The summed E-state index contributed by atoms with van der Waals surface area (Å²) >= 11 is 0. The van der Waals surface area contributed by atoms with E-state index in [4.69, 9.17) is 10.1 Å². The van der Waals surface area contributed by atoms with Gasteiger partial charge in [0.15, 0.2) is 5.78 Å². The van der Waals surface area contributed by atoms with E-state index >= 15 is 0 Å². The SMILES string of the molecule is CC(=O)/C=C(/C)O.[Ir].[c-]1ccc2ccccc2c1-c1cc2c3c(cccc3n1)C=C2. The summed E-state index contributed by atoms with van der Waals surface area (Å²) in [6.45, 7) is 2.85. The minimum absolute atomic E-state index is 0. The molecule has 0 aliphatic heterocycles. The van der Waals surface area contributed by atoms with Crippen LogP contribution in [-0.4, -0.2) is 15.9 Å². The van der Waals surface area contributed by atoms with Crippen molar-refractivity contribution >= 4 is 39.6 Å². The molecule has 0 atom stereocenters. The molecule has 0 saturated carbocycles. The van der Waals surface area contributed by atoms with Crippen molar-refractivity contribution < 1.29 is 30.0 Å². The summed E-state index contributed by atoms with van der Waals surface area (Å²) in [5.74, 6) is -0.0625. The minimum atomic E-state index is -0.125. The molecule has 3 nitrogen and oxygen atoms in total. The fraction of sp³-hybridized carbons (Fsp3) is 0.0769. The van der Waals surface area contributed by atoms with Gasteiger partial charge in [-0.15, -0.1) is 29.1 Å². The standard InChI is InChI=1S/C21H12N.C5H8O2.Ir/c1-2-8-17-14(5-1)6-3-9-18(17)20-13-16-12-11-15-7-4-10-19(22-20)21(15)16;1-4(6)3-5(2)7;/h1-8,10-13H;3,6H,1-2H3;/q-1;;/b;4-3-;. The predicted molar refractivity (Wildman–Crippen MR) is 120 cm³/mol. The summed E-state index contributed by atoms with van der Waals surface area (Å²) in [5.41, 5.74) is 5.62. The summed E-state index contributed by atoms with van der Waals surface area (Å²) in [6, 6.07) is 24.3. The number of aliphatic hydroxyl groups excluding tert-OH is 1. The largest absolute Gasteiger partial charge is 0.512 e. The molecule has 30 heavy (non-hydrogen) atoms. The van der Waals surface area contributed by atoms with Gasteiger partial charge in [-0.05, 0) is 36.7 Å². The maximum absolute atomic E-state index is 10.0. The Hall–Kier alpha value is -3.07. The van der Waals surface area contributed by atoms with E-state index in [9.17, 15) is 4.79 Å². The van der Waals surface area contributed by atoms with Gasteiger partial charge in [0.1, 0.15) is 0 Å². The van der Waals surface area contributed by atoms with Gasteiger partial charge in [-0.3, -0.25) is 9.78 Å². The van der Waals surface area contributed by atoms with Crippen LogP contribution >= 0.6 is 0 Å². The van der Waals surface area contributed by atoms with E-state index in [1.165, 1.54) is 47.2 Å². The third-order valence-electron chi connectivity index (χ3n) is 4.73. The Kier molecular flexibility index (Phi) is 6.61. The molecule has 151 valence electrons. The summed E-state index contributed by atoms with van der Waals surface area (Å²) in [4.78, 5) is 14.9. The molecule has 1 N–H and O–H groups in total. The van der Waals surface area contributed by atoms with Crippen molar-refractivity contribution in [1.29, 1.82) is 0 Å². The van der Waals surface area contributed by atoms with Crippen LogP contribution in [0.15, 0.2) is 72.5 Å². The van der Waals surface area contributed by atoms with Gasteiger partial charge in [-0.1, -0.05) is 60.0 Å². The molecule has 1 aliphatic rings. The number of benzene rings is 3. The van der Waals surface area contributed by atoms with E-state index < -0.39 is 0 Å². The number of aliphatic hydroxyl groups is 1. The van der Waals surface area contributed by atoms with Crippen LogP contribution < -0.4 is 0 Å². The number of aromatic nitrogens is 1. The molecule has 4 heteroatoms. The van der Waals surface area contributed by atoms with Crippen molar-refractivity contribution in [3.63, 3.8) is 0 Å². The molecule has 1 aliphatic carbocycles. The number of hydrogen-bond donors (Lipinski definition) is 1. The van der Waals surface area contributed by atoms with Gasteiger partial charge in [0, 0.05) is 31.6 Å². The van der Waals surface area contributed by atoms with Crippen LogP contribution in [0.2, 0.25) is 0 Å². The summed E-state index contributed by atoms with van der Waals surface area (Å²) in [6.07, 6.45) is 5.50. The number of fused-ring (bicyclic) bond motifs is 1. The Balaban J connectivity index is 0.000000281. The molecule has 0 spiro atoms. The number of carbonyl (C=O) groups is 1. The van der Waals surface area contributed by atoms with Gasteiger partial charge in [0.2, 0.25) is 0 Å². The summed E-state index contributed by atoms with van der Waals surface area (Å²) in [7, 11) is 0. The van der Waals surface area contributed by atoms with Crippen molar-refractivity contribution in [1.82, 2.24) is 4.98 Å². The Morgan fingerprint density at radius 3 is 2.50 bits per heavy atom. The molecule has 1 radical (unpaired) electrons. The van der Waals surface area contributed by atoms with E-state index in [-0.39, 0.29) is 31.6 Å². The van der Waals surface area contributed by atoms with Crippen LogP contribution in [0.5, 0.6) is 0 Å². The van der Waals surface area contributed by atoms with E-state index in [0.717, 1.165) is 16.8 Å². The smallest absolute Gasteiger partial charge is 0.155 e. The first-order valence-electron chi connectivity index (χ1n) is 9.42. The molecule has 0 saturated heterocycles. The molecule has 0 unspecified atom stereocenters. The van der Waals surface area contributed by atoms with Crippen LogP contribution in [0.3, 0.4) is 0 Å². The Morgan fingerprint density at radius 1 is 1.00 bits per heavy atom. The first-order chi connectivity index (χ1) is 14.0. The van der Waals surface area contributed by atoms with Crippen LogP contribution in [0.25, 0.3) is 45.1 Å². The molecular weight excluding hydrogens is 551 g/mol. The van der Waals surface area contributed by atoms with E-state index in [0.29, 0.717) is 0 Å². The van der Waals surface area contributed by atoms with Crippen LogP contribution in [-0.2, 0) is 24.9 Å². The number of hydrogen-bond acceptors (Lipinski definition) is 3. The van der Waals surface area contributed by atoms with Crippen LogP contribution in [0.4, 0.5) is 0 Å². The second-order valence-corrected chi connectivity index (χ2v) is 7.01. The second kappa shape index (κ2) is 9.17. The number of ketones is 1. The van der Waals surface area contributed by atoms with Gasteiger partial charge in [-0.2, -0.15) is 0 Å². The molecule has 5 rings (SSSR count). The number of pyridine rings is 1. The molecule has 3 aromatic carbocycles. The monoisotopic (exact) mass is 571 g/mol. The van der Waals surface area contributed by atoms with Crippen LogP contribution in [0.1, 0.15) is 25.0 Å². The average Bonchev–Trinajstić information content (AvgIpc) is 3.12. The molecule has 4 aromatic rings. The fourth-order valence-corrected chi connectivity index (χ4v) is 3.59. The third-order valence-corrected chi connectivity index (χ3v) is 4.73. The van der Waals surface area contributed by atoms with Crippen molar-refractivity contribution in [3.05, 3.63) is 89.7 Å². The zero-order valence-corrected chi connectivity index (χ0v) is 19.0. The van der Waals surface area contributed by atoms with Crippen molar-refractivity contribution in [3.8, 4) is 11.3 Å². The van der Waals surface area contributed by atoms with E-state index in [1.807, 2.05) is 6.07 Å². The van der Waals surface area contributed by atoms with Gasteiger partial charge in [-0.25, -0.2) is 0 Å². The first-order valence-corrected chi connectivity index (χ1v) is 9.42. The zero-order valence-electron chi connectivity index (χ0n) is 16.6. The van der Waals surface area contributed by atoms with Gasteiger partial charge in [0.25, 0.3) is 0 Å². The zero-order chi connectivity index (χ0) is 20.4. The number of nitrogens with zero attached hydrogens (tertiary/aromatic N) is 1. The fourth-order valence-electron chi connectivity index (χ4n) is 3.59. The summed E-state index contributed by atoms with van der Waals surface area (Å²) < 4.78 is 0. The first kappa shape index (κ1) is 21.6. The number of allylic oxidation sites excluding steroid dienone is 2. The molecule has 1 heterocycles. The minimum Gasteiger partial charge on any atom is -0.512 e. The Bertz CT molecular complexity index is 1300. The maximum Gasteiger partial charge on any atom is 0.155 e. The number of carbonyl (C=O) groups excluding carboxylic acids is 1. The molecule has 0 amide bonds. The van der Waals surface area contributed by atoms with Crippen LogP contribution in [0, 0.1) is 6.07 Å². The normalized spacial score (nSPS) is 11.7. The third kappa shape index (κ3) is 4.40. The van der Waals surface area contributed by atoms with Gasteiger partial charge >= 0.3 is 0 Å². The topological polar surface area (TPSA) is 50.2 Å². The van der Waals surface area contributed by atoms with Crippen molar-refractivity contribution in [2.75, 3.05) is 0 Å². The quantitative estimate of drug-likeness (QED) is 0.152. The number of rotatable bonds is 2. The molecule has 0 fully saturated rings. The molecule has 1 aromatic heterocycles. The second-order valence-electron chi connectivity index (χ2n) is 7.01. The maximum atomic E-state index is 10.0. The van der Waals surface area contributed by atoms with Gasteiger partial charge in [0.05, 0.1) is 11.3 Å².